The number of nitrogens with zero attached hydrogens (tertiary/aromatic N) is 3. The molecular weight excluding hydrogens is 318 g/mol. The Balaban J connectivity index is 1.71. The van der Waals surface area contributed by atoms with Crippen LogP contribution in [0.25, 0.3) is 5.82 Å². The molecule has 2 fully saturated rings. The summed E-state index contributed by atoms with van der Waals surface area (Å²) in [6, 6.07) is 3.85. The molecule has 2 aromatic rings. The molecule has 1 atom stereocenters. The lowest BCUT2D eigenvalue weighted by molar-refractivity contribution is -0.0547. The molecular formula is C19H25N3O3. The lowest BCUT2D eigenvalue weighted by atomic mass is 9.92. The zero-order valence-electron chi connectivity index (χ0n) is 15.3. The molecule has 25 heavy (non-hydrogen) atoms. The average Bonchev–Trinajstić information content (AvgIpc) is 3.30. The van der Waals surface area contributed by atoms with Crippen LogP contribution in [0, 0.1) is 26.7 Å². The summed E-state index contributed by atoms with van der Waals surface area (Å²) in [4.78, 5) is 15.4. The SMILES string of the molecule is Cc1cc(-n2c(C)cc(C(=O)N3CCOCC3(C)C3CC3)c2C)no1. The highest BCUT2D eigenvalue weighted by Gasteiger charge is 2.49. The zero-order chi connectivity index (χ0) is 17.8. The summed E-state index contributed by atoms with van der Waals surface area (Å²) in [5.74, 6) is 2.12. The number of aryl methyl sites for hydroxylation is 2. The molecule has 1 saturated heterocycles. The Labute approximate surface area is 147 Å². The first kappa shape index (κ1) is 16.4. The van der Waals surface area contributed by atoms with Crippen molar-refractivity contribution in [2.24, 2.45) is 5.92 Å². The normalized spacial score (nSPS) is 23.9. The molecule has 0 N–H and O–H groups in total. The standard InChI is InChI=1S/C19H25N3O3/c1-12-9-16(14(3)22(12)17-10-13(2)25-20-17)18(23)21-7-8-24-11-19(21,4)15-5-6-15/h9-10,15H,5-8,11H2,1-4H3. The molecule has 1 saturated carbocycles. The number of hydrogen-bond acceptors (Lipinski definition) is 4. The van der Waals surface area contributed by atoms with Crippen molar-refractivity contribution in [2.45, 2.75) is 46.1 Å². The van der Waals surface area contributed by atoms with E-state index in [1.165, 1.54) is 12.8 Å². The lowest BCUT2D eigenvalue weighted by Gasteiger charge is -2.45. The summed E-state index contributed by atoms with van der Waals surface area (Å²) in [7, 11) is 0. The lowest BCUT2D eigenvalue weighted by Crippen LogP contribution is -2.58. The van der Waals surface area contributed by atoms with Gasteiger partial charge in [-0.05, 0) is 52.5 Å². The van der Waals surface area contributed by atoms with E-state index >= 15 is 0 Å². The van der Waals surface area contributed by atoms with Crippen LogP contribution < -0.4 is 0 Å². The van der Waals surface area contributed by atoms with Crippen molar-refractivity contribution in [1.29, 1.82) is 0 Å². The number of hydrogen-bond donors (Lipinski definition) is 0. The third-order valence-corrected chi connectivity index (χ3v) is 5.68. The van der Waals surface area contributed by atoms with Crippen molar-refractivity contribution >= 4 is 5.91 Å². The maximum absolute atomic E-state index is 13.4. The first-order chi connectivity index (χ1) is 11.9. The van der Waals surface area contributed by atoms with E-state index in [4.69, 9.17) is 9.26 Å². The monoisotopic (exact) mass is 343 g/mol. The van der Waals surface area contributed by atoms with Gasteiger partial charge in [0, 0.05) is 24.0 Å². The maximum atomic E-state index is 13.4. The minimum absolute atomic E-state index is 0.0947. The van der Waals surface area contributed by atoms with Crippen LogP contribution in [0.15, 0.2) is 16.7 Å². The third kappa shape index (κ3) is 2.59. The summed E-state index contributed by atoms with van der Waals surface area (Å²) >= 11 is 0. The van der Waals surface area contributed by atoms with Gasteiger partial charge in [0.1, 0.15) is 5.76 Å². The molecule has 6 heteroatoms. The van der Waals surface area contributed by atoms with E-state index in [1.807, 2.05) is 42.4 Å². The largest absolute Gasteiger partial charge is 0.377 e. The van der Waals surface area contributed by atoms with Gasteiger partial charge in [0.25, 0.3) is 5.91 Å². The zero-order valence-corrected chi connectivity index (χ0v) is 15.3. The molecule has 3 heterocycles. The van der Waals surface area contributed by atoms with E-state index in [0.29, 0.717) is 25.7 Å². The molecule has 0 radical (unpaired) electrons. The minimum Gasteiger partial charge on any atom is -0.377 e. The molecule has 4 rings (SSSR count). The molecule has 0 spiro atoms. The van der Waals surface area contributed by atoms with Crippen LogP contribution in [-0.2, 0) is 4.74 Å². The van der Waals surface area contributed by atoms with Gasteiger partial charge in [-0.1, -0.05) is 5.16 Å². The fourth-order valence-corrected chi connectivity index (χ4v) is 4.08. The van der Waals surface area contributed by atoms with Gasteiger partial charge < -0.3 is 14.2 Å². The van der Waals surface area contributed by atoms with Crippen LogP contribution >= 0.6 is 0 Å². The van der Waals surface area contributed by atoms with E-state index < -0.39 is 0 Å². The van der Waals surface area contributed by atoms with E-state index in [9.17, 15) is 4.79 Å². The van der Waals surface area contributed by atoms with Gasteiger partial charge in [0.05, 0.1) is 24.3 Å². The number of amides is 1. The first-order valence-electron chi connectivity index (χ1n) is 8.94. The van der Waals surface area contributed by atoms with Crippen molar-refractivity contribution in [3.8, 4) is 5.82 Å². The van der Waals surface area contributed by atoms with Crippen molar-refractivity contribution in [1.82, 2.24) is 14.6 Å². The second-order valence-electron chi connectivity index (χ2n) is 7.56. The Morgan fingerprint density at radius 1 is 1.28 bits per heavy atom. The highest BCUT2D eigenvalue weighted by molar-refractivity contribution is 5.96. The topological polar surface area (TPSA) is 60.5 Å². The number of carbonyl (C=O) groups excluding carboxylic acids is 1. The molecule has 6 nitrogen and oxygen atoms in total. The Bertz CT molecular complexity index is 818. The number of rotatable bonds is 3. The third-order valence-electron chi connectivity index (χ3n) is 5.68. The van der Waals surface area contributed by atoms with Crippen molar-refractivity contribution < 1.29 is 14.1 Å². The Hall–Kier alpha value is -2.08. The summed E-state index contributed by atoms with van der Waals surface area (Å²) in [6.07, 6.45) is 2.36. The van der Waals surface area contributed by atoms with Crippen LogP contribution in [0.2, 0.25) is 0 Å². The van der Waals surface area contributed by atoms with E-state index in [2.05, 4.69) is 12.1 Å². The second kappa shape index (κ2) is 5.73. The fourth-order valence-electron chi connectivity index (χ4n) is 4.08. The number of carbonyl (C=O) groups is 1. The molecule has 0 aromatic carbocycles. The predicted octanol–water partition coefficient (Wildman–Crippen LogP) is 3.03. The summed E-state index contributed by atoms with van der Waals surface area (Å²) < 4.78 is 12.9. The van der Waals surface area contributed by atoms with Crippen LogP contribution in [0.1, 0.15) is 47.3 Å². The second-order valence-corrected chi connectivity index (χ2v) is 7.56. The van der Waals surface area contributed by atoms with Gasteiger partial charge >= 0.3 is 0 Å². The Kier molecular flexibility index (Phi) is 3.76. The quantitative estimate of drug-likeness (QED) is 0.859. The van der Waals surface area contributed by atoms with E-state index in [-0.39, 0.29) is 11.4 Å². The molecule has 1 amide bonds. The Morgan fingerprint density at radius 3 is 2.68 bits per heavy atom. The van der Waals surface area contributed by atoms with Crippen LogP contribution in [-0.4, -0.2) is 45.8 Å². The molecule has 1 aliphatic carbocycles. The Morgan fingerprint density at radius 2 is 2.04 bits per heavy atom. The number of morpholine rings is 1. The van der Waals surface area contributed by atoms with Crippen molar-refractivity contribution in [2.75, 3.05) is 19.8 Å². The minimum atomic E-state index is -0.192. The average molecular weight is 343 g/mol. The number of aromatic nitrogens is 2. The van der Waals surface area contributed by atoms with Gasteiger partial charge in [0.2, 0.25) is 0 Å². The first-order valence-corrected chi connectivity index (χ1v) is 8.94. The molecule has 134 valence electrons. The molecule has 2 aliphatic rings. The molecule has 1 aliphatic heterocycles. The smallest absolute Gasteiger partial charge is 0.256 e. The summed E-state index contributed by atoms with van der Waals surface area (Å²) in [5, 5.41) is 4.10. The van der Waals surface area contributed by atoms with E-state index in [1.54, 1.807) is 0 Å². The van der Waals surface area contributed by atoms with Gasteiger partial charge in [-0.2, -0.15) is 0 Å². The highest BCUT2D eigenvalue weighted by Crippen LogP contribution is 2.45. The van der Waals surface area contributed by atoms with Gasteiger partial charge in [0.15, 0.2) is 5.82 Å². The maximum Gasteiger partial charge on any atom is 0.256 e. The van der Waals surface area contributed by atoms with Crippen molar-refractivity contribution in [3.63, 3.8) is 0 Å². The summed E-state index contributed by atoms with van der Waals surface area (Å²) in [6.45, 7) is 9.89. The fraction of sp³-hybridized carbons (Fsp3) is 0.579. The van der Waals surface area contributed by atoms with Crippen molar-refractivity contribution in [3.05, 3.63) is 34.8 Å². The molecule has 0 bridgehead atoms. The summed E-state index contributed by atoms with van der Waals surface area (Å²) in [5.41, 5.74) is 2.44. The van der Waals surface area contributed by atoms with E-state index in [0.717, 1.165) is 28.5 Å². The molecule has 1 unspecified atom stereocenters. The van der Waals surface area contributed by atoms with Gasteiger partial charge in [-0.3, -0.25) is 9.36 Å². The predicted molar refractivity (Wildman–Crippen MR) is 93.0 cm³/mol. The molecule has 2 aromatic heterocycles. The van der Waals surface area contributed by atoms with Crippen LogP contribution in [0.4, 0.5) is 0 Å². The van der Waals surface area contributed by atoms with Crippen LogP contribution in [0.5, 0.6) is 0 Å². The van der Waals surface area contributed by atoms with Gasteiger partial charge in [-0.25, -0.2) is 0 Å². The van der Waals surface area contributed by atoms with Gasteiger partial charge in [-0.15, -0.1) is 0 Å². The van der Waals surface area contributed by atoms with Crippen LogP contribution in [0.3, 0.4) is 0 Å². The number of ether oxygens (including phenoxy) is 1. The highest BCUT2D eigenvalue weighted by atomic mass is 16.5.